The number of hydrogen-bond acceptors (Lipinski definition) is 2. The Balaban J connectivity index is 3.06. The van der Waals surface area contributed by atoms with Gasteiger partial charge in [-0.2, -0.15) is 0 Å². The molecule has 96 valence electrons. The second-order valence-electron chi connectivity index (χ2n) is 5.48. The molecule has 0 aliphatic heterocycles. The Morgan fingerprint density at radius 3 is 2.00 bits per heavy atom. The zero-order valence-electron chi connectivity index (χ0n) is 10.7. The van der Waals surface area contributed by atoms with Gasteiger partial charge in [0.25, 0.3) is 0 Å². The molecule has 0 radical (unpaired) electrons. The second-order valence-corrected chi connectivity index (χ2v) is 5.48. The van der Waals surface area contributed by atoms with Crippen molar-refractivity contribution in [2.75, 3.05) is 18.5 Å². The summed E-state index contributed by atoms with van der Waals surface area (Å²) in [6.45, 7) is 6.18. The first-order valence-corrected chi connectivity index (χ1v) is 5.54. The number of hydrogen-bond donors (Lipinski definition) is 1. The van der Waals surface area contributed by atoms with Gasteiger partial charge < -0.3 is 10.0 Å². The highest BCUT2D eigenvalue weighted by molar-refractivity contribution is 5.50. The fourth-order valence-electron chi connectivity index (χ4n) is 1.86. The molecule has 1 aromatic rings. The SMILES string of the molecule is CN(CC(C)(C)C)c1c(F)cc(CO)cc1F. The van der Waals surface area contributed by atoms with Crippen molar-refractivity contribution < 1.29 is 13.9 Å². The second kappa shape index (κ2) is 5.00. The highest BCUT2D eigenvalue weighted by Gasteiger charge is 2.20. The molecule has 0 amide bonds. The van der Waals surface area contributed by atoms with Crippen LogP contribution >= 0.6 is 0 Å². The normalized spacial score (nSPS) is 11.7. The van der Waals surface area contributed by atoms with Gasteiger partial charge in [0.2, 0.25) is 0 Å². The Bertz CT molecular complexity index is 376. The summed E-state index contributed by atoms with van der Waals surface area (Å²) in [5, 5.41) is 8.86. The quantitative estimate of drug-likeness (QED) is 0.882. The van der Waals surface area contributed by atoms with Crippen molar-refractivity contribution in [3.8, 4) is 0 Å². The van der Waals surface area contributed by atoms with Gasteiger partial charge in [0, 0.05) is 13.6 Å². The van der Waals surface area contributed by atoms with Crippen LogP contribution in [-0.2, 0) is 6.61 Å². The zero-order valence-corrected chi connectivity index (χ0v) is 10.7. The lowest BCUT2D eigenvalue weighted by atomic mass is 9.96. The third-order valence-corrected chi connectivity index (χ3v) is 2.35. The zero-order chi connectivity index (χ0) is 13.2. The largest absolute Gasteiger partial charge is 0.392 e. The van der Waals surface area contributed by atoms with E-state index in [9.17, 15) is 8.78 Å². The molecule has 0 unspecified atom stereocenters. The van der Waals surface area contributed by atoms with Crippen molar-refractivity contribution >= 4 is 5.69 Å². The molecule has 0 saturated heterocycles. The van der Waals surface area contributed by atoms with Crippen LogP contribution in [0.25, 0.3) is 0 Å². The summed E-state index contributed by atoms with van der Waals surface area (Å²) in [5.74, 6) is -1.28. The van der Waals surface area contributed by atoms with Crippen molar-refractivity contribution in [2.45, 2.75) is 27.4 Å². The van der Waals surface area contributed by atoms with Gasteiger partial charge in [0.15, 0.2) is 0 Å². The summed E-state index contributed by atoms with van der Waals surface area (Å²) in [6, 6.07) is 2.33. The van der Waals surface area contributed by atoms with Crippen molar-refractivity contribution in [2.24, 2.45) is 5.41 Å². The van der Waals surface area contributed by atoms with Gasteiger partial charge in [-0.25, -0.2) is 8.78 Å². The smallest absolute Gasteiger partial charge is 0.149 e. The summed E-state index contributed by atoms with van der Waals surface area (Å²) < 4.78 is 27.5. The van der Waals surface area contributed by atoms with Gasteiger partial charge in [-0.15, -0.1) is 0 Å². The summed E-state index contributed by atoms with van der Waals surface area (Å²) in [5.41, 5.74) is 0.147. The lowest BCUT2D eigenvalue weighted by Crippen LogP contribution is -2.30. The van der Waals surface area contributed by atoms with E-state index in [0.29, 0.717) is 6.54 Å². The first kappa shape index (κ1) is 13.9. The number of aliphatic hydroxyl groups excluding tert-OH is 1. The van der Waals surface area contributed by atoms with Crippen LogP contribution < -0.4 is 4.90 Å². The molecule has 0 aromatic heterocycles. The van der Waals surface area contributed by atoms with Crippen LogP contribution in [0.3, 0.4) is 0 Å². The third-order valence-electron chi connectivity index (χ3n) is 2.35. The lowest BCUT2D eigenvalue weighted by molar-refractivity contribution is 0.280. The maximum Gasteiger partial charge on any atom is 0.149 e. The molecule has 0 spiro atoms. The Hall–Kier alpha value is -1.16. The number of halogens is 2. The minimum absolute atomic E-state index is 0.0443. The van der Waals surface area contributed by atoms with Crippen LogP contribution in [0.5, 0.6) is 0 Å². The molecule has 1 aromatic carbocycles. The highest BCUT2D eigenvalue weighted by atomic mass is 19.1. The van der Waals surface area contributed by atoms with Gasteiger partial charge in [0.05, 0.1) is 6.61 Å². The molecule has 2 nitrogen and oxygen atoms in total. The molecule has 17 heavy (non-hydrogen) atoms. The first-order chi connectivity index (χ1) is 7.74. The predicted molar refractivity (Wildman–Crippen MR) is 65.0 cm³/mol. The Labute approximate surface area is 101 Å². The number of benzene rings is 1. The van der Waals surface area contributed by atoms with Crippen molar-refractivity contribution in [3.63, 3.8) is 0 Å². The van der Waals surface area contributed by atoms with Crippen molar-refractivity contribution in [1.82, 2.24) is 0 Å². The fraction of sp³-hybridized carbons (Fsp3) is 0.538. The first-order valence-electron chi connectivity index (χ1n) is 5.54. The highest BCUT2D eigenvalue weighted by Crippen LogP contribution is 2.27. The number of nitrogens with zero attached hydrogens (tertiary/aromatic N) is 1. The topological polar surface area (TPSA) is 23.5 Å². The van der Waals surface area contributed by atoms with E-state index in [2.05, 4.69) is 0 Å². The van der Waals surface area contributed by atoms with E-state index in [4.69, 9.17) is 5.11 Å². The van der Waals surface area contributed by atoms with E-state index >= 15 is 0 Å². The van der Waals surface area contributed by atoms with E-state index < -0.39 is 11.6 Å². The molecule has 0 bridgehead atoms. The fourth-order valence-corrected chi connectivity index (χ4v) is 1.86. The number of anilines is 1. The monoisotopic (exact) mass is 243 g/mol. The van der Waals surface area contributed by atoms with Gasteiger partial charge in [-0.3, -0.25) is 0 Å². The number of rotatable bonds is 3. The Morgan fingerprint density at radius 1 is 1.18 bits per heavy atom. The molecule has 1 N–H and O–H groups in total. The molecule has 0 atom stereocenters. The van der Waals surface area contributed by atoms with Gasteiger partial charge in [-0.1, -0.05) is 20.8 Å². The lowest BCUT2D eigenvalue weighted by Gasteiger charge is -2.28. The van der Waals surface area contributed by atoms with Crippen LogP contribution in [0.4, 0.5) is 14.5 Å². The van der Waals surface area contributed by atoms with Crippen LogP contribution in [0, 0.1) is 17.0 Å². The van der Waals surface area contributed by atoms with Crippen LogP contribution in [0.15, 0.2) is 12.1 Å². The van der Waals surface area contributed by atoms with E-state index in [1.165, 1.54) is 0 Å². The maximum atomic E-state index is 13.7. The number of aliphatic hydroxyl groups is 1. The maximum absolute atomic E-state index is 13.7. The summed E-state index contributed by atoms with van der Waals surface area (Å²) in [7, 11) is 1.66. The molecule has 0 aliphatic carbocycles. The van der Waals surface area contributed by atoms with E-state index in [1.54, 1.807) is 11.9 Å². The molecular weight excluding hydrogens is 224 g/mol. The van der Waals surface area contributed by atoms with Crippen LogP contribution in [0.2, 0.25) is 0 Å². The van der Waals surface area contributed by atoms with Gasteiger partial charge >= 0.3 is 0 Å². The standard InChI is InChI=1S/C13H19F2NO/c1-13(2,3)8-16(4)12-10(14)5-9(7-17)6-11(12)15/h5-6,17H,7-8H2,1-4H3. The van der Waals surface area contributed by atoms with Gasteiger partial charge in [0.1, 0.15) is 17.3 Å². The molecule has 0 saturated carbocycles. The molecule has 0 fully saturated rings. The summed E-state index contributed by atoms with van der Waals surface area (Å²) in [6.07, 6.45) is 0. The van der Waals surface area contributed by atoms with Crippen molar-refractivity contribution in [3.05, 3.63) is 29.3 Å². The summed E-state index contributed by atoms with van der Waals surface area (Å²) >= 11 is 0. The van der Waals surface area contributed by atoms with E-state index in [-0.39, 0.29) is 23.3 Å². The van der Waals surface area contributed by atoms with E-state index in [0.717, 1.165) is 12.1 Å². The van der Waals surface area contributed by atoms with Crippen LogP contribution in [0.1, 0.15) is 26.3 Å². The predicted octanol–water partition coefficient (Wildman–Crippen LogP) is 2.94. The molecule has 1 rings (SSSR count). The Kier molecular flexibility index (Phi) is 4.09. The van der Waals surface area contributed by atoms with Crippen LogP contribution in [-0.4, -0.2) is 18.7 Å². The van der Waals surface area contributed by atoms with Crippen molar-refractivity contribution in [1.29, 1.82) is 0 Å². The molecule has 0 aliphatic rings. The average molecular weight is 243 g/mol. The third kappa shape index (κ3) is 3.66. The minimum atomic E-state index is -0.638. The van der Waals surface area contributed by atoms with Gasteiger partial charge in [-0.05, 0) is 23.1 Å². The molecular formula is C13H19F2NO. The summed E-state index contributed by atoms with van der Waals surface area (Å²) in [4.78, 5) is 1.56. The molecule has 4 heteroatoms. The Morgan fingerprint density at radius 2 is 1.65 bits per heavy atom. The van der Waals surface area contributed by atoms with E-state index in [1.807, 2.05) is 20.8 Å². The average Bonchev–Trinajstić information content (AvgIpc) is 2.13. The molecule has 0 heterocycles. The minimum Gasteiger partial charge on any atom is -0.392 e.